The van der Waals surface area contributed by atoms with Crippen molar-refractivity contribution < 1.29 is 23.4 Å². The van der Waals surface area contributed by atoms with E-state index < -0.39 is 5.82 Å². The van der Waals surface area contributed by atoms with E-state index in [4.69, 9.17) is 14.2 Å². The van der Waals surface area contributed by atoms with Crippen molar-refractivity contribution in [2.45, 2.75) is 6.92 Å². The van der Waals surface area contributed by atoms with Crippen molar-refractivity contribution in [1.29, 1.82) is 0 Å². The van der Waals surface area contributed by atoms with Crippen LogP contribution in [0, 0.1) is 5.82 Å². The topological polar surface area (TPSA) is 44.8 Å². The van der Waals surface area contributed by atoms with Gasteiger partial charge in [0.2, 0.25) is 0 Å². The van der Waals surface area contributed by atoms with Crippen LogP contribution in [0.2, 0.25) is 0 Å². The minimum Gasteiger partial charge on any atom is -0.490 e. The van der Waals surface area contributed by atoms with Crippen LogP contribution in [0.4, 0.5) is 4.39 Å². The van der Waals surface area contributed by atoms with E-state index >= 15 is 0 Å². The second-order valence-electron chi connectivity index (χ2n) is 4.37. The highest BCUT2D eigenvalue weighted by Crippen LogP contribution is 2.16. The van der Waals surface area contributed by atoms with Gasteiger partial charge in [0, 0.05) is 0 Å². The van der Waals surface area contributed by atoms with Crippen molar-refractivity contribution >= 4 is 5.97 Å². The van der Waals surface area contributed by atoms with Gasteiger partial charge in [-0.25, -0.2) is 9.18 Å². The average molecular weight is 304 g/mol. The van der Waals surface area contributed by atoms with Gasteiger partial charge in [-0.2, -0.15) is 0 Å². The average Bonchev–Trinajstić information content (AvgIpc) is 2.54. The second-order valence-corrected chi connectivity index (χ2v) is 4.37. The van der Waals surface area contributed by atoms with Gasteiger partial charge in [-0.05, 0) is 43.3 Å². The number of para-hydroxylation sites is 1. The first-order valence-corrected chi connectivity index (χ1v) is 6.98. The number of carbonyl (C=O) groups is 1. The van der Waals surface area contributed by atoms with Gasteiger partial charge in [-0.15, -0.1) is 0 Å². The number of hydrogen-bond acceptors (Lipinski definition) is 4. The number of hydrogen-bond donors (Lipinski definition) is 0. The molecule has 0 radical (unpaired) electrons. The van der Waals surface area contributed by atoms with Crippen LogP contribution < -0.4 is 9.47 Å². The third kappa shape index (κ3) is 4.48. The Labute approximate surface area is 128 Å². The first kappa shape index (κ1) is 15.8. The summed E-state index contributed by atoms with van der Waals surface area (Å²) in [4.78, 5) is 11.5. The zero-order chi connectivity index (χ0) is 15.8. The van der Waals surface area contributed by atoms with Crippen molar-refractivity contribution in [3.05, 3.63) is 59.9 Å². The van der Waals surface area contributed by atoms with Crippen LogP contribution in [-0.4, -0.2) is 25.8 Å². The summed E-state index contributed by atoms with van der Waals surface area (Å²) in [5.74, 6) is 0.0344. The number of carbonyl (C=O) groups excluding carboxylic acids is 1. The van der Waals surface area contributed by atoms with Gasteiger partial charge in [0.1, 0.15) is 19.0 Å². The van der Waals surface area contributed by atoms with Crippen molar-refractivity contribution in [3.8, 4) is 11.5 Å². The summed E-state index contributed by atoms with van der Waals surface area (Å²) in [6.07, 6.45) is 0. The molecule has 116 valence electrons. The summed E-state index contributed by atoms with van der Waals surface area (Å²) in [6, 6.07) is 12.8. The number of ether oxygens (including phenoxy) is 3. The summed E-state index contributed by atoms with van der Waals surface area (Å²) in [5, 5.41) is 0. The van der Waals surface area contributed by atoms with E-state index in [1.165, 1.54) is 6.07 Å². The Kier molecular flexibility index (Phi) is 5.77. The molecule has 0 saturated heterocycles. The molecule has 0 N–H and O–H groups in total. The molecule has 0 spiro atoms. The molecule has 2 aromatic rings. The molecule has 0 aliphatic carbocycles. The molecule has 22 heavy (non-hydrogen) atoms. The molecule has 2 aromatic carbocycles. The van der Waals surface area contributed by atoms with E-state index in [0.29, 0.717) is 17.9 Å². The molecule has 0 heterocycles. The minimum atomic E-state index is -0.402. The van der Waals surface area contributed by atoms with Crippen molar-refractivity contribution in [2.24, 2.45) is 0 Å². The Morgan fingerprint density at radius 3 is 2.36 bits per heavy atom. The molecule has 0 bridgehead atoms. The molecule has 0 fully saturated rings. The zero-order valence-electron chi connectivity index (χ0n) is 12.3. The van der Waals surface area contributed by atoms with Gasteiger partial charge < -0.3 is 14.2 Å². The molecule has 0 saturated carbocycles. The Morgan fingerprint density at radius 2 is 1.68 bits per heavy atom. The third-order valence-corrected chi connectivity index (χ3v) is 2.81. The minimum absolute atomic E-state index is 0.198. The van der Waals surface area contributed by atoms with Crippen molar-refractivity contribution in [1.82, 2.24) is 0 Å². The van der Waals surface area contributed by atoms with Crippen LogP contribution in [-0.2, 0) is 4.74 Å². The molecule has 0 unspecified atom stereocenters. The number of halogens is 1. The maximum atomic E-state index is 13.3. The smallest absolute Gasteiger partial charge is 0.338 e. The zero-order valence-corrected chi connectivity index (χ0v) is 12.3. The largest absolute Gasteiger partial charge is 0.490 e. The maximum absolute atomic E-state index is 13.3. The SMILES string of the molecule is CCOC(=O)c1ccc(OCCOc2ccccc2F)cc1. The molecule has 0 aromatic heterocycles. The Hall–Kier alpha value is -2.56. The van der Waals surface area contributed by atoms with E-state index in [2.05, 4.69) is 0 Å². The van der Waals surface area contributed by atoms with Crippen molar-refractivity contribution in [2.75, 3.05) is 19.8 Å². The predicted molar refractivity (Wildman–Crippen MR) is 79.8 cm³/mol. The van der Waals surface area contributed by atoms with E-state index in [1.54, 1.807) is 49.4 Å². The monoisotopic (exact) mass is 304 g/mol. The van der Waals surface area contributed by atoms with Gasteiger partial charge in [0.05, 0.1) is 12.2 Å². The lowest BCUT2D eigenvalue weighted by Crippen LogP contribution is -2.10. The standard InChI is InChI=1S/C17H17FO4/c1-2-20-17(19)13-7-9-14(10-8-13)21-11-12-22-16-6-4-3-5-15(16)18/h3-10H,2,11-12H2,1H3. The fourth-order valence-electron chi connectivity index (χ4n) is 1.77. The van der Waals surface area contributed by atoms with Crippen molar-refractivity contribution in [3.63, 3.8) is 0 Å². The van der Waals surface area contributed by atoms with E-state index in [-0.39, 0.29) is 24.9 Å². The molecule has 0 aliphatic rings. The van der Waals surface area contributed by atoms with E-state index in [1.807, 2.05) is 0 Å². The van der Waals surface area contributed by atoms with Crippen LogP contribution in [0.5, 0.6) is 11.5 Å². The van der Waals surface area contributed by atoms with Crippen LogP contribution >= 0.6 is 0 Å². The summed E-state index contributed by atoms with van der Waals surface area (Å²) in [7, 11) is 0. The first-order chi connectivity index (χ1) is 10.7. The normalized spacial score (nSPS) is 10.1. The quantitative estimate of drug-likeness (QED) is 0.580. The summed E-state index contributed by atoms with van der Waals surface area (Å²) in [5.41, 5.74) is 0.469. The fraction of sp³-hybridized carbons (Fsp3) is 0.235. The number of rotatable bonds is 7. The third-order valence-electron chi connectivity index (χ3n) is 2.81. The second kappa shape index (κ2) is 8.02. The lowest BCUT2D eigenvalue weighted by Gasteiger charge is -2.09. The van der Waals surface area contributed by atoms with E-state index in [0.717, 1.165) is 0 Å². The molecule has 5 heteroatoms. The van der Waals surface area contributed by atoms with Gasteiger partial charge in [0.25, 0.3) is 0 Å². The lowest BCUT2D eigenvalue weighted by molar-refractivity contribution is 0.0526. The molecule has 0 amide bonds. The maximum Gasteiger partial charge on any atom is 0.338 e. The highest BCUT2D eigenvalue weighted by atomic mass is 19.1. The molecule has 0 atom stereocenters. The van der Waals surface area contributed by atoms with Crippen LogP contribution in [0.3, 0.4) is 0 Å². The van der Waals surface area contributed by atoms with Crippen LogP contribution in [0.1, 0.15) is 17.3 Å². The van der Waals surface area contributed by atoms with Crippen LogP contribution in [0.15, 0.2) is 48.5 Å². The molecule has 4 nitrogen and oxygen atoms in total. The van der Waals surface area contributed by atoms with Gasteiger partial charge in [0.15, 0.2) is 11.6 Å². The molecular weight excluding hydrogens is 287 g/mol. The fourth-order valence-corrected chi connectivity index (χ4v) is 1.77. The Morgan fingerprint density at radius 1 is 1.00 bits per heavy atom. The summed E-state index contributed by atoms with van der Waals surface area (Å²) >= 11 is 0. The number of benzene rings is 2. The Balaban J connectivity index is 1.78. The van der Waals surface area contributed by atoms with Gasteiger partial charge in [-0.1, -0.05) is 12.1 Å². The van der Waals surface area contributed by atoms with Crippen LogP contribution in [0.25, 0.3) is 0 Å². The number of esters is 1. The highest BCUT2D eigenvalue weighted by Gasteiger charge is 2.06. The molecular formula is C17H17FO4. The predicted octanol–water partition coefficient (Wildman–Crippen LogP) is 3.46. The van der Waals surface area contributed by atoms with Gasteiger partial charge in [-0.3, -0.25) is 0 Å². The Bertz CT molecular complexity index is 610. The van der Waals surface area contributed by atoms with Gasteiger partial charge >= 0.3 is 5.97 Å². The highest BCUT2D eigenvalue weighted by molar-refractivity contribution is 5.89. The van der Waals surface area contributed by atoms with E-state index in [9.17, 15) is 9.18 Å². The first-order valence-electron chi connectivity index (χ1n) is 6.98. The lowest BCUT2D eigenvalue weighted by atomic mass is 10.2. The summed E-state index contributed by atoms with van der Waals surface area (Å²) < 4.78 is 28.9. The molecule has 0 aliphatic heterocycles. The molecule has 2 rings (SSSR count). The summed E-state index contributed by atoms with van der Waals surface area (Å²) in [6.45, 7) is 2.59.